The quantitative estimate of drug-likeness (QED) is 0.770. The summed E-state index contributed by atoms with van der Waals surface area (Å²) in [5.74, 6) is -0.104. The Morgan fingerprint density at radius 3 is 2.32 bits per heavy atom. The lowest BCUT2D eigenvalue weighted by molar-refractivity contribution is -0.115. The predicted molar refractivity (Wildman–Crippen MR) is 108 cm³/mol. The summed E-state index contributed by atoms with van der Waals surface area (Å²) < 4.78 is 33.2. The number of nitrogens with zero attached hydrogens (tertiary/aromatic N) is 1. The van der Waals surface area contributed by atoms with E-state index in [0.717, 1.165) is 5.56 Å². The molecule has 0 atom stereocenters. The largest absolute Gasteiger partial charge is 0.373 e. The van der Waals surface area contributed by atoms with Crippen LogP contribution in [0.15, 0.2) is 59.5 Å². The van der Waals surface area contributed by atoms with Crippen LogP contribution in [0.3, 0.4) is 0 Å². The molecule has 1 amide bonds. The highest BCUT2D eigenvalue weighted by atomic mass is 32.2. The third-order valence-corrected chi connectivity index (χ3v) is 6.74. The number of benzene rings is 2. The minimum atomic E-state index is -3.54. The van der Waals surface area contributed by atoms with E-state index in [-0.39, 0.29) is 16.9 Å². The average Bonchev–Trinajstić information content (AvgIpc) is 2.73. The third-order valence-electron chi connectivity index (χ3n) is 4.83. The van der Waals surface area contributed by atoms with Gasteiger partial charge in [0.1, 0.15) is 0 Å². The van der Waals surface area contributed by atoms with E-state index in [0.29, 0.717) is 44.6 Å². The summed E-state index contributed by atoms with van der Waals surface area (Å²) in [4.78, 5) is 11.7. The SMILES string of the molecule is CCC(=O)Nc1ccc(S(=O)(=O)N2CCC(OCc3ccccc3)CC2)cc1. The van der Waals surface area contributed by atoms with Gasteiger partial charge in [-0.25, -0.2) is 8.42 Å². The van der Waals surface area contributed by atoms with Gasteiger partial charge >= 0.3 is 0 Å². The number of carbonyl (C=O) groups excluding carboxylic acids is 1. The molecule has 0 unspecified atom stereocenters. The van der Waals surface area contributed by atoms with Crippen molar-refractivity contribution in [2.45, 2.75) is 43.8 Å². The summed E-state index contributed by atoms with van der Waals surface area (Å²) in [6.07, 6.45) is 1.80. The van der Waals surface area contributed by atoms with Crippen molar-refractivity contribution in [1.29, 1.82) is 0 Å². The average molecular weight is 403 g/mol. The first-order valence-corrected chi connectivity index (χ1v) is 11.0. The van der Waals surface area contributed by atoms with E-state index < -0.39 is 10.0 Å². The Bertz CT molecular complexity index is 874. The molecule has 7 heteroatoms. The molecule has 2 aromatic rings. The highest BCUT2D eigenvalue weighted by Gasteiger charge is 2.29. The summed E-state index contributed by atoms with van der Waals surface area (Å²) in [6.45, 7) is 3.19. The minimum Gasteiger partial charge on any atom is -0.373 e. The Balaban J connectivity index is 1.54. The fourth-order valence-corrected chi connectivity index (χ4v) is 4.61. The van der Waals surface area contributed by atoms with Crippen LogP contribution in [0.4, 0.5) is 5.69 Å². The molecule has 1 saturated heterocycles. The second-order valence-electron chi connectivity index (χ2n) is 6.83. The molecule has 1 aliphatic heterocycles. The van der Waals surface area contributed by atoms with Crippen molar-refractivity contribution < 1.29 is 17.9 Å². The van der Waals surface area contributed by atoms with Gasteiger partial charge in [0.15, 0.2) is 0 Å². The number of piperidine rings is 1. The van der Waals surface area contributed by atoms with Gasteiger partial charge in [-0.1, -0.05) is 37.3 Å². The van der Waals surface area contributed by atoms with Gasteiger partial charge in [-0.2, -0.15) is 4.31 Å². The van der Waals surface area contributed by atoms with Crippen molar-refractivity contribution in [1.82, 2.24) is 4.31 Å². The number of hydrogen-bond donors (Lipinski definition) is 1. The number of carbonyl (C=O) groups is 1. The third kappa shape index (κ3) is 5.19. The van der Waals surface area contributed by atoms with Crippen LogP contribution in [0, 0.1) is 0 Å². The Morgan fingerprint density at radius 1 is 1.07 bits per heavy atom. The number of amides is 1. The molecule has 28 heavy (non-hydrogen) atoms. The van der Waals surface area contributed by atoms with E-state index in [1.54, 1.807) is 31.2 Å². The molecule has 3 rings (SSSR count). The lowest BCUT2D eigenvalue weighted by Gasteiger charge is -2.31. The highest BCUT2D eigenvalue weighted by molar-refractivity contribution is 7.89. The van der Waals surface area contributed by atoms with Gasteiger partial charge in [0.05, 0.1) is 17.6 Å². The Hall–Kier alpha value is -2.22. The first kappa shape index (κ1) is 20.5. The van der Waals surface area contributed by atoms with Crippen LogP contribution >= 0.6 is 0 Å². The summed E-state index contributed by atoms with van der Waals surface area (Å²) in [7, 11) is -3.54. The van der Waals surface area contributed by atoms with Crippen molar-refractivity contribution in [3.8, 4) is 0 Å². The van der Waals surface area contributed by atoms with E-state index >= 15 is 0 Å². The first-order valence-electron chi connectivity index (χ1n) is 9.54. The smallest absolute Gasteiger partial charge is 0.243 e. The van der Waals surface area contributed by atoms with Crippen LogP contribution in [-0.2, 0) is 26.2 Å². The van der Waals surface area contributed by atoms with Crippen molar-refractivity contribution in [3.63, 3.8) is 0 Å². The van der Waals surface area contributed by atoms with Gasteiger partial charge in [-0.05, 0) is 42.7 Å². The maximum absolute atomic E-state index is 12.9. The Morgan fingerprint density at radius 2 is 1.71 bits per heavy atom. The molecular weight excluding hydrogens is 376 g/mol. The van der Waals surface area contributed by atoms with E-state index in [9.17, 15) is 13.2 Å². The molecular formula is C21H26N2O4S. The van der Waals surface area contributed by atoms with E-state index in [1.807, 2.05) is 30.3 Å². The van der Waals surface area contributed by atoms with Gasteiger partial charge in [0.25, 0.3) is 0 Å². The van der Waals surface area contributed by atoms with Gasteiger partial charge in [0, 0.05) is 25.2 Å². The van der Waals surface area contributed by atoms with Gasteiger partial charge in [-0.15, -0.1) is 0 Å². The van der Waals surface area contributed by atoms with Crippen LogP contribution in [0.25, 0.3) is 0 Å². The highest BCUT2D eigenvalue weighted by Crippen LogP contribution is 2.24. The van der Waals surface area contributed by atoms with Crippen LogP contribution < -0.4 is 5.32 Å². The molecule has 0 spiro atoms. The molecule has 0 bridgehead atoms. The molecule has 1 N–H and O–H groups in total. The fraction of sp³-hybridized carbons (Fsp3) is 0.381. The molecule has 2 aromatic carbocycles. The zero-order valence-electron chi connectivity index (χ0n) is 16.0. The van der Waals surface area contributed by atoms with Crippen LogP contribution in [0.2, 0.25) is 0 Å². The Kier molecular flexibility index (Phi) is 6.83. The van der Waals surface area contributed by atoms with Gasteiger partial charge in [-0.3, -0.25) is 4.79 Å². The van der Waals surface area contributed by atoms with Crippen LogP contribution in [-0.4, -0.2) is 37.8 Å². The second kappa shape index (κ2) is 9.32. The second-order valence-corrected chi connectivity index (χ2v) is 8.76. The molecule has 0 aromatic heterocycles. The molecule has 1 fully saturated rings. The Labute approximate surface area is 166 Å². The van der Waals surface area contributed by atoms with Crippen molar-refractivity contribution in [2.75, 3.05) is 18.4 Å². The topological polar surface area (TPSA) is 75.7 Å². The molecule has 1 heterocycles. The lowest BCUT2D eigenvalue weighted by Crippen LogP contribution is -2.40. The van der Waals surface area contributed by atoms with Crippen molar-refractivity contribution in [2.24, 2.45) is 0 Å². The number of ether oxygens (including phenoxy) is 1. The summed E-state index contributed by atoms with van der Waals surface area (Å²) in [5.41, 5.74) is 1.71. The molecule has 1 aliphatic rings. The standard InChI is InChI=1S/C21H26N2O4S/c1-2-21(24)22-18-8-10-20(11-9-18)28(25,26)23-14-12-19(13-15-23)27-16-17-6-4-3-5-7-17/h3-11,19H,2,12-16H2,1H3,(H,22,24). The monoisotopic (exact) mass is 402 g/mol. The van der Waals surface area contributed by atoms with Gasteiger partial charge < -0.3 is 10.1 Å². The molecule has 0 radical (unpaired) electrons. The van der Waals surface area contributed by atoms with Crippen LogP contribution in [0.1, 0.15) is 31.7 Å². The maximum atomic E-state index is 12.9. The summed E-state index contributed by atoms with van der Waals surface area (Å²) in [5, 5.41) is 2.72. The van der Waals surface area contributed by atoms with Gasteiger partial charge in [0.2, 0.25) is 15.9 Å². The van der Waals surface area contributed by atoms with E-state index in [1.165, 1.54) is 4.31 Å². The molecule has 0 saturated carbocycles. The first-order chi connectivity index (χ1) is 13.5. The number of rotatable bonds is 7. The number of sulfonamides is 1. The molecule has 150 valence electrons. The minimum absolute atomic E-state index is 0.0679. The summed E-state index contributed by atoms with van der Waals surface area (Å²) in [6, 6.07) is 16.3. The molecule has 0 aliphatic carbocycles. The molecule has 6 nitrogen and oxygen atoms in total. The van der Waals surface area contributed by atoms with Crippen molar-refractivity contribution in [3.05, 3.63) is 60.2 Å². The predicted octanol–water partition coefficient (Wildman–Crippen LogP) is 3.41. The fourth-order valence-electron chi connectivity index (χ4n) is 3.14. The normalized spacial score (nSPS) is 16.0. The van der Waals surface area contributed by atoms with E-state index in [4.69, 9.17) is 4.74 Å². The van der Waals surface area contributed by atoms with Crippen molar-refractivity contribution >= 4 is 21.6 Å². The number of nitrogens with one attached hydrogen (secondary N) is 1. The van der Waals surface area contributed by atoms with E-state index in [2.05, 4.69) is 5.32 Å². The number of anilines is 1. The lowest BCUT2D eigenvalue weighted by atomic mass is 10.1. The zero-order chi connectivity index (χ0) is 20.0. The summed E-state index contributed by atoms with van der Waals surface area (Å²) >= 11 is 0. The zero-order valence-corrected chi connectivity index (χ0v) is 16.8. The number of hydrogen-bond acceptors (Lipinski definition) is 4. The maximum Gasteiger partial charge on any atom is 0.243 e. The van der Waals surface area contributed by atoms with Crippen LogP contribution in [0.5, 0.6) is 0 Å².